The third-order valence-electron chi connectivity index (χ3n) is 4.24. The third-order valence-corrected chi connectivity index (χ3v) is 4.24. The molecule has 0 aromatic carbocycles. The second-order valence-electron chi connectivity index (χ2n) is 6.78. The maximum atomic E-state index is 14.4. The summed E-state index contributed by atoms with van der Waals surface area (Å²) in [4.78, 5) is 7.89. The molecule has 0 fully saturated rings. The second-order valence-corrected chi connectivity index (χ2v) is 6.78. The molecule has 3 aromatic rings. The van der Waals surface area contributed by atoms with Crippen molar-refractivity contribution in [3.8, 4) is 17.1 Å². The van der Waals surface area contributed by atoms with Crippen LogP contribution in [0.25, 0.3) is 16.9 Å². The standard InChI is InChI=1S/C18H19F4N5O2/c1-5-28-10(2)15-26-25-14-8-23-13(9-27(14)15)11-6-12(19)16(24-7-11)29-17(3,4)18(20,21)22/h6-10H,5H2,1-4H3/t10-/m0/s1. The number of ether oxygens (including phenoxy) is 2. The van der Waals surface area contributed by atoms with Crippen LogP contribution >= 0.6 is 0 Å². The van der Waals surface area contributed by atoms with Crippen molar-refractivity contribution in [2.45, 2.75) is 45.6 Å². The second kappa shape index (κ2) is 7.54. The van der Waals surface area contributed by atoms with Crippen LogP contribution in [0.15, 0.2) is 24.7 Å². The number of aromatic nitrogens is 5. The predicted molar refractivity (Wildman–Crippen MR) is 94.8 cm³/mol. The van der Waals surface area contributed by atoms with E-state index in [1.165, 1.54) is 12.4 Å². The zero-order chi connectivity index (χ0) is 21.4. The minimum absolute atomic E-state index is 0.255. The van der Waals surface area contributed by atoms with Crippen molar-refractivity contribution in [3.63, 3.8) is 0 Å². The number of alkyl halides is 3. The van der Waals surface area contributed by atoms with Crippen molar-refractivity contribution in [3.05, 3.63) is 36.3 Å². The van der Waals surface area contributed by atoms with Crippen LogP contribution < -0.4 is 4.74 Å². The van der Waals surface area contributed by atoms with Gasteiger partial charge in [-0.3, -0.25) is 9.38 Å². The normalized spacial score (nSPS) is 13.7. The molecule has 0 aliphatic carbocycles. The molecule has 3 aromatic heterocycles. The van der Waals surface area contributed by atoms with Crippen molar-refractivity contribution in [1.82, 2.24) is 24.6 Å². The molecule has 3 rings (SSSR count). The van der Waals surface area contributed by atoms with E-state index in [4.69, 9.17) is 9.47 Å². The summed E-state index contributed by atoms with van der Waals surface area (Å²) in [5.41, 5.74) is -1.54. The summed E-state index contributed by atoms with van der Waals surface area (Å²) in [5.74, 6) is -1.24. The molecule has 0 bridgehead atoms. The van der Waals surface area contributed by atoms with Gasteiger partial charge < -0.3 is 9.47 Å². The van der Waals surface area contributed by atoms with Crippen molar-refractivity contribution in [2.75, 3.05) is 6.61 Å². The highest BCUT2D eigenvalue weighted by atomic mass is 19.4. The van der Waals surface area contributed by atoms with E-state index in [0.717, 1.165) is 19.9 Å². The van der Waals surface area contributed by atoms with Gasteiger partial charge in [0.1, 0.15) is 6.10 Å². The van der Waals surface area contributed by atoms with Gasteiger partial charge in [0.05, 0.1) is 11.9 Å². The molecular formula is C18H19F4N5O2. The number of halogens is 4. The fraction of sp³-hybridized carbons (Fsp3) is 0.444. The average Bonchev–Trinajstić information content (AvgIpc) is 3.05. The van der Waals surface area contributed by atoms with Gasteiger partial charge in [0.15, 0.2) is 22.9 Å². The highest BCUT2D eigenvalue weighted by molar-refractivity contribution is 5.59. The highest BCUT2D eigenvalue weighted by Gasteiger charge is 2.50. The molecule has 29 heavy (non-hydrogen) atoms. The van der Waals surface area contributed by atoms with Crippen LogP contribution in [0.5, 0.6) is 5.88 Å². The van der Waals surface area contributed by atoms with E-state index < -0.39 is 23.5 Å². The molecule has 156 valence electrons. The minimum Gasteiger partial charge on any atom is -0.460 e. The fourth-order valence-electron chi connectivity index (χ4n) is 2.51. The lowest BCUT2D eigenvalue weighted by Gasteiger charge is -2.28. The average molecular weight is 413 g/mol. The van der Waals surface area contributed by atoms with Gasteiger partial charge in [-0.1, -0.05) is 0 Å². The van der Waals surface area contributed by atoms with Gasteiger partial charge in [-0.15, -0.1) is 10.2 Å². The Morgan fingerprint density at radius 1 is 1.14 bits per heavy atom. The first-order valence-corrected chi connectivity index (χ1v) is 8.77. The van der Waals surface area contributed by atoms with Gasteiger partial charge in [0.2, 0.25) is 0 Å². The topological polar surface area (TPSA) is 74.4 Å². The van der Waals surface area contributed by atoms with Crippen molar-refractivity contribution in [2.24, 2.45) is 0 Å². The first-order chi connectivity index (χ1) is 13.5. The number of hydrogen-bond acceptors (Lipinski definition) is 6. The molecule has 0 N–H and O–H groups in total. The Morgan fingerprint density at radius 3 is 2.48 bits per heavy atom. The quantitative estimate of drug-likeness (QED) is 0.566. The Hall–Kier alpha value is -2.82. The summed E-state index contributed by atoms with van der Waals surface area (Å²) in [6.07, 6.45) is -0.805. The summed E-state index contributed by atoms with van der Waals surface area (Å²) >= 11 is 0. The molecule has 7 nitrogen and oxygen atoms in total. The van der Waals surface area contributed by atoms with Gasteiger partial charge in [-0.25, -0.2) is 9.37 Å². The predicted octanol–water partition coefficient (Wildman–Crippen LogP) is 4.14. The molecule has 0 unspecified atom stereocenters. The van der Waals surface area contributed by atoms with E-state index in [0.29, 0.717) is 23.8 Å². The fourth-order valence-corrected chi connectivity index (χ4v) is 2.51. The molecule has 0 spiro atoms. The molecular weight excluding hydrogens is 394 g/mol. The number of fused-ring (bicyclic) bond motifs is 1. The SMILES string of the molecule is CCO[C@@H](C)c1nnc2cnc(-c3cnc(OC(C)(C)C(F)(F)F)c(F)c3)cn12. The minimum atomic E-state index is -4.69. The van der Waals surface area contributed by atoms with Crippen LogP contribution in [0.1, 0.15) is 39.6 Å². The van der Waals surface area contributed by atoms with Gasteiger partial charge >= 0.3 is 6.18 Å². The highest BCUT2D eigenvalue weighted by Crippen LogP contribution is 2.34. The summed E-state index contributed by atoms with van der Waals surface area (Å²) in [5, 5.41) is 8.08. The zero-order valence-corrected chi connectivity index (χ0v) is 16.2. The third kappa shape index (κ3) is 4.14. The molecule has 3 heterocycles. The number of nitrogens with zero attached hydrogens (tertiary/aromatic N) is 5. The molecule has 0 saturated heterocycles. The Balaban J connectivity index is 1.94. The van der Waals surface area contributed by atoms with Crippen LogP contribution in [0.3, 0.4) is 0 Å². The van der Waals surface area contributed by atoms with Crippen LogP contribution in [-0.4, -0.2) is 43.0 Å². The molecule has 1 atom stereocenters. The first-order valence-electron chi connectivity index (χ1n) is 8.77. The van der Waals surface area contributed by atoms with Crippen molar-refractivity contribution in [1.29, 1.82) is 0 Å². The molecule has 0 saturated carbocycles. The maximum Gasteiger partial charge on any atom is 0.427 e. The van der Waals surface area contributed by atoms with Crippen LogP contribution in [0, 0.1) is 5.82 Å². The molecule has 0 amide bonds. The van der Waals surface area contributed by atoms with Crippen LogP contribution in [0.4, 0.5) is 17.6 Å². The van der Waals surface area contributed by atoms with E-state index in [-0.39, 0.29) is 11.7 Å². The summed E-state index contributed by atoms with van der Waals surface area (Å²) in [6.45, 7) is 5.74. The van der Waals surface area contributed by atoms with E-state index in [9.17, 15) is 17.6 Å². The Labute approximate surface area is 163 Å². The molecule has 11 heteroatoms. The van der Waals surface area contributed by atoms with Crippen molar-refractivity contribution < 1.29 is 27.0 Å². The first kappa shape index (κ1) is 20.9. The smallest absolute Gasteiger partial charge is 0.427 e. The van der Waals surface area contributed by atoms with Gasteiger partial charge in [0.25, 0.3) is 5.88 Å². The van der Waals surface area contributed by atoms with E-state index >= 15 is 0 Å². The lowest BCUT2D eigenvalue weighted by Crippen LogP contribution is -2.45. The summed E-state index contributed by atoms with van der Waals surface area (Å²) in [6, 6.07) is 1.01. The number of hydrogen-bond donors (Lipinski definition) is 0. The Kier molecular flexibility index (Phi) is 5.44. The number of pyridine rings is 1. The van der Waals surface area contributed by atoms with Gasteiger partial charge in [-0.2, -0.15) is 13.2 Å². The zero-order valence-electron chi connectivity index (χ0n) is 16.2. The summed E-state index contributed by atoms with van der Waals surface area (Å²) < 4.78 is 65.2. The van der Waals surface area contributed by atoms with E-state index in [1.807, 2.05) is 13.8 Å². The monoisotopic (exact) mass is 413 g/mol. The van der Waals surface area contributed by atoms with Crippen LogP contribution in [0.2, 0.25) is 0 Å². The Bertz CT molecular complexity index is 1020. The number of rotatable bonds is 6. The molecule has 0 aliphatic heterocycles. The Morgan fingerprint density at radius 2 is 1.86 bits per heavy atom. The largest absolute Gasteiger partial charge is 0.460 e. The van der Waals surface area contributed by atoms with E-state index in [1.54, 1.807) is 10.6 Å². The van der Waals surface area contributed by atoms with Crippen molar-refractivity contribution >= 4 is 5.65 Å². The maximum absolute atomic E-state index is 14.4. The molecule has 0 radical (unpaired) electrons. The van der Waals surface area contributed by atoms with E-state index in [2.05, 4.69) is 20.2 Å². The lowest BCUT2D eigenvalue weighted by atomic mass is 10.1. The van der Waals surface area contributed by atoms with Crippen LogP contribution in [-0.2, 0) is 4.74 Å². The van der Waals surface area contributed by atoms with Gasteiger partial charge in [-0.05, 0) is 33.8 Å². The molecule has 0 aliphatic rings. The van der Waals surface area contributed by atoms with Gasteiger partial charge in [0, 0.05) is 24.6 Å². The summed E-state index contributed by atoms with van der Waals surface area (Å²) in [7, 11) is 0. The lowest BCUT2D eigenvalue weighted by molar-refractivity contribution is -0.235.